The molecule has 0 spiro atoms. The summed E-state index contributed by atoms with van der Waals surface area (Å²) >= 11 is 0. The van der Waals surface area contributed by atoms with Gasteiger partial charge in [-0.25, -0.2) is 4.39 Å². The fourth-order valence-electron chi connectivity index (χ4n) is 2.39. The molecule has 0 fully saturated rings. The van der Waals surface area contributed by atoms with E-state index in [1.807, 2.05) is 30.3 Å². The molecule has 1 heterocycles. The number of halogens is 1. The number of hydrogen-bond acceptors (Lipinski definition) is 3. The molecule has 0 unspecified atom stereocenters. The van der Waals surface area contributed by atoms with E-state index in [0.717, 1.165) is 5.56 Å². The first-order valence-electron chi connectivity index (χ1n) is 7.35. The number of oxime groups is 1. The Morgan fingerprint density at radius 1 is 1.09 bits per heavy atom. The van der Waals surface area contributed by atoms with Crippen molar-refractivity contribution in [3.63, 3.8) is 0 Å². The summed E-state index contributed by atoms with van der Waals surface area (Å²) in [6, 6.07) is 15.5. The summed E-state index contributed by atoms with van der Waals surface area (Å²) in [5, 5.41) is 4.11. The summed E-state index contributed by atoms with van der Waals surface area (Å²) in [7, 11) is 0. The SMILES string of the molecule is CC1(C)ON=C(c2ccc(F)cc2)N(Cc2ccccc2)C1=O. The van der Waals surface area contributed by atoms with Gasteiger partial charge in [0.1, 0.15) is 5.82 Å². The second-order valence-electron chi connectivity index (χ2n) is 5.90. The predicted molar refractivity (Wildman–Crippen MR) is 85.1 cm³/mol. The van der Waals surface area contributed by atoms with Gasteiger partial charge in [0.15, 0.2) is 5.84 Å². The van der Waals surface area contributed by atoms with E-state index in [2.05, 4.69) is 5.16 Å². The third kappa shape index (κ3) is 3.08. The van der Waals surface area contributed by atoms with Gasteiger partial charge in [0.2, 0.25) is 5.60 Å². The van der Waals surface area contributed by atoms with Gasteiger partial charge in [-0.2, -0.15) is 0 Å². The first kappa shape index (κ1) is 15.2. The molecule has 2 aromatic rings. The van der Waals surface area contributed by atoms with Crippen molar-refractivity contribution in [2.45, 2.75) is 26.0 Å². The molecular formula is C18H17FN2O2. The Bertz CT molecular complexity index is 739. The topological polar surface area (TPSA) is 41.9 Å². The van der Waals surface area contributed by atoms with Crippen LogP contribution in [-0.4, -0.2) is 22.2 Å². The number of nitrogens with zero attached hydrogens (tertiary/aromatic N) is 2. The van der Waals surface area contributed by atoms with Crippen molar-refractivity contribution in [3.05, 3.63) is 71.5 Å². The molecular weight excluding hydrogens is 295 g/mol. The van der Waals surface area contributed by atoms with Crippen LogP contribution in [0.15, 0.2) is 59.8 Å². The highest BCUT2D eigenvalue weighted by molar-refractivity contribution is 6.10. The van der Waals surface area contributed by atoms with Crippen molar-refractivity contribution in [1.29, 1.82) is 0 Å². The summed E-state index contributed by atoms with van der Waals surface area (Å²) in [4.78, 5) is 19.7. The van der Waals surface area contributed by atoms with Gasteiger partial charge in [-0.05, 0) is 43.7 Å². The van der Waals surface area contributed by atoms with Crippen LogP contribution in [0, 0.1) is 5.82 Å². The average molecular weight is 312 g/mol. The van der Waals surface area contributed by atoms with Gasteiger partial charge in [-0.1, -0.05) is 35.5 Å². The normalized spacial score (nSPS) is 16.7. The highest BCUT2D eigenvalue weighted by Gasteiger charge is 2.41. The first-order chi connectivity index (χ1) is 11.0. The summed E-state index contributed by atoms with van der Waals surface area (Å²) in [6.07, 6.45) is 0. The maximum absolute atomic E-state index is 13.1. The number of carbonyl (C=O) groups is 1. The minimum absolute atomic E-state index is 0.185. The van der Waals surface area contributed by atoms with E-state index < -0.39 is 5.60 Å². The second kappa shape index (κ2) is 5.83. The molecule has 5 heteroatoms. The van der Waals surface area contributed by atoms with E-state index in [0.29, 0.717) is 17.9 Å². The Morgan fingerprint density at radius 3 is 2.39 bits per heavy atom. The van der Waals surface area contributed by atoms with Crippen molar-refractivity contribution in [2.75, 3.05) is 0 Å². The van der Waals surface area contributed by atoms with Crippen LogP contribution in [-0.2, 0) is 16.2 Å². The number of rotatable bonds is 3. The molecule has 4 nitrogen and oxygen atoms in total. The number of amides is 1. The molecule has 0 saturated carbocycles. The minimum Gasteiger partial charge on any atom is -0.378 e. The van der Waals surface area contributed by atoms with Gasteiger partial charge in [0, 0.05) is 5.56 Å². The Morgan fingerprint density at radius 2 is 1.74 bits per heavy atom. The lowest BCUT2D eigenvalue weighted by atomic mass is 10.0. The van der Waals surface area contributed by atoms with Crippen molar-refractivity contribution in [3.8, 4) is 0 Å². The van der Waals surface area contributed by atoms with Crippen LogP contribution < -0.4 is 0 Å². The lowest BCUT2D eigenvalue weighted by Gasteiger charge is -2.35. The molecule has 118 valence electrons. The van der Waals surface area contributed by atoms with E-state index >= 15 is 0 Å². The number of carbonyl (C=O) groups excluding carboxylic acids is 1. The molecule has 0 saturated heterocycles. The van der Waals surface area contributed by atoms with Crippen molar-refractivity contribution in [1.82, 2.24) is 4.90 Å². The van der Waals surface area contributed by atoms with E-state index in [-0.39, 0.29) is 11.7 Å². The van der Waals surface area contributed by atoms with Gasteiger partial charge < -0.3 is 4.84 Å². The van der Waals surface area contributed by atoms with Crippen LogP contribution in [0.3, 0.4) is 0 Å². The van der Waals surface area contributed by atoms with Gasteiger partial charge in [0.25, 0.3) is 5.91 Å². The van der Waals surface area contributed by atoms with E-state index in [4.69, 9.17) is 4.84 Å². The van der Waals surface area contributed by atoms with Crippen LogP contribution in [0.4, 0.5) is 4.39 Å². The number of amidine groups is 1. The minimum atomic E-state index is -1.03. The smallest absolute Gasteiger partial charge is 0.275 e. The lowest BCUT2D eigenvalue weighted by molar-refractivity contribution is -0.154. The molecule has 1 aliphatic heterocycles. The van der Waals surface area contributed by atoms with Crippen LogP contribution in [0.2, 0.25) is 0 Å². The van der Waals surface area contributed by atoms with Gasteiger partial charge in [-0.15, -0.1) is 0 Å². The Kier molecular flexibility index (Phi) is 3.86. The molecule has 0 bridgehead atoms. The average Bonchev–Trinajstić information content (AvgIpc) is 2.54. The molecule has 2 aromatic carbocycles. The summed E-state index contributed by atoms with van der Waals surface area (Å²) in [5.74, 6) is -0.138. The highest BCUT2D eigenvalue weighted by atomic mass is 19.1. The fourth-order valence-corrected chi connectivity index (χ4v) is 2.39. The van der Waals surface area contributed by atoms with Gasteiger partial charge in [0.05, 0.1) is 6.54 Å². The number of benzene rings is 2. The van der Waals surface area contributed by atoms with Gasteiger partial charge >= 0.3 is 0 Å². The zero-order chi connectivity index (χ0) is 16.4. The van der Waals surface area contributed by atoms with E-state index in [1.54, 1.807) is 30.9 Å². The maximum Gasteiger partial charge on any atom is 0.275 e. The van der Waals surface area contributed by atoms with Crippen LogP contribution in [0.1, 0.15) is 25.0 Å². The standard InChI is InChI=1S/C18H17FN2O2/c1-18(2)17(22)21(12-13-6-4-3-5-7-13)16(20-23-18)14-8-10-15(19)11-9-14/h3-11H,12H2,1-2H3. The molecule has 3 rings (SSSR count). The summed E-state index contributed by atoms with van der Waals surface area (Å²) < 4.78 is 13.1. The van der Waals surface area contributed by atoms with Gasteiger partial charge in [-0.3, -0.25) is 9.69 Å². The zero-order valence-electron chi connectivity index (χ0n) is 13.0. The summed E-state index contributed by atoms with van der Waals surface area (Å²) in [5.41, 5.74) is 0.581. The van der Waals surface area contributed by atoms with Crippen LogP contribution >= 0.6 is 0 Å². The number of hydrogen-bond donors (Lipinski definition) is 0. The van der Waals surface area contributed by atoms with Crippen molar-refractivity contribution in [2.24, 2.45) is 5.16 Å². The third-order valence-electron chi connectivity index (χ3n) is 3.66. The fraction of sp³-hybridized carbons (Fsp3) is 0.222. The Hall–Kier alpha value is -2.69. The maximum atomic E-state index is 13.1. The monoisotopic (exact) mass is 312 g/mol. The molecule has 1 aliphatic rings. The third-order valence-corrected chi connectivity index (χ3v) is 3.66. The van der Waals surface area contributed by atoms with E-state index in [1.165, 1.54) is 12.1 Å². The largest absolute Gasteiger partial charge is 0.378 e. The highest BCUT2D eigenvalue weighted by Crippen LogP contribution is 2.24. The molecule has 1 amide bonds. The molecule has 23 heavy (non-hydrogen) atoms. The van der Waals surface area contributed by atoms with E-state index in [9.17, 15) is 9.18 Å². The quantitative estimate of drug-likeness (QED) is 0.872. The lowest BCUT2D eigenvalue weighted by Crippen LogP contribution is -2.52. The molecule has 0 radical (unpaired) electrons. The zero-order valence-corrected chi connectivity index (χ0v) is 13.0. The first-order valence-corrected chi connectivity index (χ1v) is 7.35. The molecule has 0 N–H and O–H groups in total. The second-order valence-corrected chi connectivity index (χ2v) is 5.90. The Balaban J connectivity index is 1.99. The predicted octanol–water partition coefficient (Wildman–Crippen LogP) is 3.32. The van der Waals surface area contributed by atoms with Crippen LogP contribution in [0.25, 0.3) is 0 Å². The molecule has 0 aliphatic carbocycles. The van der Waals surface area contributed by atoms with Crippen LogP contribution in [0.5, 0.6) is 0 Å². The Labute approximate surface area is 134 Å². The summed E-state index contributed by atoms with van der Waals surface area (Å²) in [6.45, 7) is 3.74. The van der Waals surface area contributed by atoms with Crippen molar-refractivity contribution < 1.29 is 14.0 Å². The van der Waals surface area contributed by atoms with Crippen molar-refractivity contribution >= 4 is 11.7 Å². The molecule has 0 aromatic heterocycles. The molecule has 0 atom stereocenters.